The molecule has 1 N–H and O–H groups in total. The van der Waals surface area contributed by atoms with E-state index in [0.717, 1.165) is 0 Å². The van der Waals surface area contributed by atoms with Crippen molar-refractivity contribution < 1.29 is 19.1 Å². The second-order valence-electron chi connectivity index (χ2n) is 3.62. The van der Waals surface area contributed by atoms with Crippen LogP contribution >= 0.6 is 0 Å². The number of rotatable bonds is 6. The van der Waals surface area contributed by atoms with Gasteiger partial charge in [-0.25, -0.2) is 4.79 Å². The monoisotopic (exact) mass is 251 g/mol. The van der Waals surface area contributed by atoms with E-state index in [9.17, 15) is 9.59 Å². The minimum absolute atomic E-state index is 0.139. The van der Waals surface area contributed by atoms with Crippen molar-refractivity contribution in [2.45, 2.75) is 20.0 Å². The number of esters is 1. The zero-order valence-electron chi connectivity index (χ0n) is 10.5. The molecule has 98 valence electrons. The Balaban J connectivity index is 2.40. The van der Waals surface area contributed by atoms with Gasteiger partial charge in [0, 0.05) is 12.3 Å². The van der Waals surface area contributed by atoms with Crippen molar-refractivity contribution in [2.24, 2.45) is 0 Å². The molecule has 0 spiro atoms. The van der Waals surface area contributed by atoms with Gasteiger partial charge in [-0.2, -0.15) is 0 Å². The van der Waals surface area contributed by atoms with Crippen molar-refractivity contribution in [1.82, 2.24) is 0 Å². The van der Waals surface area contributed by atoms with Crippen LogP contribution in [-0.2, 0) is 19.1 Å². The van der Waals surface area contributed by atoms with Crippen LogP contribution in [0.4, 0.5) is 5.69 Å². The molecule has 18 heavy (non-hydrogen) atoms. The molecule has 0 bridgehead atoms. The molecule has 0 saturated carbocycles. The number of ether oxygens (including phenoxy) is 2. The third kappa shape index (κ3) is 4.97. The highest BCUT2D eigenvalue weighted by Crippen LogP contribution is 2.06. The largest absolute Gasteiger partial charge is 0.451 e. The average molecular weight is 251 g/mol. The summed E-state index contributed by atoms with van der Waals surface area (Å²) in [6.45, 7) is 3.58. The van der Waals surface area contributed by atoms with Gasteiger partial charge in [0.1, 0.15) is 6.61 Å². The smallest absolute Gasteiger partial charge is 0.332 e. The number of anilines is 1. The summed E-state index contributed by atoms with van der Waals surface area (Å²) in [7, 11) is 0. The van der Waals surface area contributed by atoms with E-state index in [2.05, 4.69) is 5.32 Å². The van der Waals surface area contributed by atoms with E-state index in [1.54, 1.807) is 31.2 Å². The highest BCUT2D eigenvalue weighted by Gasteiger charge is 2.17. The van der Waals surface area contributed by atoms with Gasteiger partial charge in [0.2, 0.25) is 0 Å². The Kier molecular flexibility index (Phi) is 5.87. The number of para-hydroxylation sites is 1. The van der Waals surface area contributed by atoms with Gasteiger partial charge in [-0.1, -0.05) is 18.2 Å². The van der Waals surface area contributed by atoms with Crippen LogP contribution in [0.3, 0.4) is 0 Å². The lowest BCUT2D eigenvalue weighted by Crippen LogP contribution is -2.31. The van der Waals surface area contributed by atoms with Crippen LogP contribution in [0.25, 0.3) is 0 Å². The van der Waals surface area contributed by atoms with Crippen LogP contribution in [0, 0.1) is 0 Å². The van der Waals surface area contributed by atoms with E-state index in [0.29, 0.717) is 12.3 Å². The minimum Gasteiger partial charge on any atom is -0.451 e. The average Bonchev–Trinajstić information content (AvgIpc) is 2.37. The first kappa shape index (κ1) is 14.2. The first-order valence-corrected chi connectivity index (χ1v) is 5.76. The topological polar surface area (TPSA) is 64.6 Å². The fraction of sp³-hybridized carbons (Fsp3) is 0.385. The Morgan fingerprint density at radius 3 is 2.56 bits per heavy atom. The summed E-state index contributed by atoms with van der Waals surface area (Å²) in [5.41, 5.74) is 0.662. The Hall–Kier alpha value is -1.88. The molecule has 0 aromatic heterocycles. The van der Waals surface area contributed by atoms with Gasteiger partial charge in [0.25, 0.3) is 5.91 Å². The molecule has 0 aliphatic rings. The first-order chi connectivity index (χ1) is 8.63. The predicted octanol–water partition coefficient (Wildman–Crippen LogP) is 1.59. The van der Waals surface area contributed by atoms with Crippen LogP contribution < -0.4 is 5.32 Å². The third-order valence-electron chi connectivity index (χ3n) is 2.14. The summed E-state index contributed by atoms with van der Waals surface area (Å²) < 4.78 is 9.80. The molecular formula is C13H17NO4. The minimum atomic E-state index is -0.849. The van der Waals surface area contributed by atoms with Crippen LogP contribution in [0.5, 0.6) is 0 Å². The van der Waals surface area contributed by atoms with Gasteiger partial charge in [-0.3, -0.25) is 4.79 Å². The van der Waals surface area contributed by atoms with E-state index >= 15 is 0 Å². The molecule has 0 aliphatic carbocycles. The van der Waals surface area contributed by atoms with Crippen molar-refractivity contribution in [2.75, 3.05) is 18.5 Å². The van der Waals surface area contributed by atoms with E-state index in [1.165, 1.54) is 6.92 Å². The normalized spacial score (nSPS) is 11.7. The summed E-state index contributed by atoms with van der Waals surface area (Å²) in [5.74, 6) is -0.918. The summed E-state index contributed by atoms with van der Waals surface area (Å²) in [6, 6.07) is 8.98. The molecule has 5 heteroatoms. The van der Waals surface area contributed by atoms with Gasteiger partial charge in [0.15, 0.2) is 6.10 Å². The highest BCUT2D eigenvalue weighted by atomic mass is 16.6. The highest BCUT2D eigenvalue weighted by molar-refractivity contribution is 5.95. The maximum atomic E-state index is 11.7. The number of carbonyl (C=O) groups excluding carboxylic acids is 2. The standard InChI is InChI=1S/C13H17NO4/c1-3-17-9-12(15)18-10(2)13(16)14-11-7-5-4-6-8-11/h4-8,10H,3,9H2,1-2H3,(H,14,16)/t10-/m1/s1. The van der Waals surface area contributed by atoms with Crippen LogP contribution in [0.15, 0.2) is 30.3 Å². The molecule has 0 aliphatic heterocycles. The lowest BCUT2D eigenvalue weighted by Gasteiger charge is -2.13. The van der Waals surface area contributed by atoms with Gasteiger partial charge in [0.05, 0.1) is 0 Å². The molecule has 1 amide bonds. The summed E-state index contributed by atoms with van der Waals surface area (Å²) in [5, 5.41) is 2.65. The number of benzene rings is 1. The summed E-state index contributed by atoms with van der Waals surface area (Å²) in [6.07, 6.45) is -0.849. The fourth-order valence-corrected chi connectivity index (χ4v) is 1.24. The van der Waals surface area contributed by atoms with Crippen molar-refractivity contribution in [1.29, 1.82) is 0 Å². The molecule has 0 unspecified atom stereocenters. The molecule has 1 aromatic carbocycles. The van der Waals surface area contributed by atoms with E-state index < -0.39 is 12.1 Å². The molecular weight excluding hydrogens is 234 g/mol. The quantitative estimate of drug-likeness (QED) is 0.780. The fourth-order valence-electron chi connectivity index (χ4n) is 1.24. The maximum Gasteiger partial charge on any atom is 0.332 e. The van der Waals surface area contributed by atoms with Gasteiger partial charge in [-0.05, 0) is 26.0 Å². The molecule has 0 heterocycles. The Morgan fingerprint density at radius 1 is 1.28 bits per heavy atom. The lowest BCUT2D eigenvalue weighted by atomic mass is 10.3. The Bertz CT molecular complexity index is 391. The van der Waals surface area contributed by atoms with Crippen molar-refractivity contribution in [3.8, 4) is 0 Å². The molecule has 1 aromatic rings. The van der Waals surface area contributed by atoms with Crippen molar-refractivity contribution >= 4 is 17.6 Å². The maximum absolute atomic E-state index is 11.7. The number of carbonyl (C=O) groups is 2. The van der Waals surface area contributed by atoms with Crippen molar-refractivity contribution in [3.05, 3.63) is 30.3 Å². The lowest BCUT2D eigenvalue weighted by molar-refractivity contribution is -0.157. The number of hydrogen-bond acceptors (Lipinski definition) is 4. The van der Waals surface area contributed by atoms with Gasteiger partial charge < -0.3 is 14.8 Å². The Morgan fingerprint density at radius 2 is 1.94 bits per heavy atom. The second kappa shape index (κ2) is 7.45. The van der Waals surface area contributed by atoms with Crippen molar-refractivity contribution in [3.63, 3.8) is 0 Å². The summed E-state index contributed by atoms with van der Waals surface area (Å²) in [4.78, 5) is 22.9. The molecule has 1 atom stereocenters. The third-order valence-corrected chi connectivity index (χ3v) is 2.14. The van der Waals surface area contributed by atoms with E-state index in [4.69, 9.17) is 9.47 Å². The predicted molar refractivity (Wildman–Crippen MR) is 67.1 cm³/mol. The molecule has 0 radical (unpaired) electrons. The number of amides is 1. The SMILES string of the molecule is CCOCC(=O)O[C@H](C)C(=O)Nc1ccccc1. The molecule has 1 rings (SSSR count). The Labute approximate surface area is 106 Å². The van der Waals surface area contributed by atoms with Gasteiger partial charge >= 0.3 is 5.97 Å². The molecule has 5 nitrogen and oxygen atoms in total. The first-order valence-electron chi connectivity index (χ1n) is 5.76. The number of hydrogen-bond donors (Lipinski definition) is 1. The van der Waals surface area contributed by atoms with Crippen LogP contribution in [0.1, 0.15) is 13.8 Å². The number of nitrogens with one attached hydrogen (secondary N) is 1. The second-order valence-corrected chi connectivity index (χ2v) is 3.62. The van der Waals surface area contributed by atoms with E-state index in [-0.39, 0.29) is 12.5 Å². The summed E-state index contributed by atoms with van der Waals surface area (Å²) >= 11 is 0. The molecule has 0 fully saturated rings. The zero-order chi connectivity index (χ0) is 13.4. The van der Waals surface area contributed by atoms with Crippen LogP contribution in [-0.4, -0.2) is 31.2 Å². The van der Waals surface area contributed by atoms with Gasteiger partial charge in [-0.15, -0.1) is 0 Å². The van der Waals surface area contributed by atoms with Crippen LogP contribution in [0.2, 0.25) is 0 Å². The zero-order valence-corrected chi connectivity index (χ0v) is 10.5. The van der Waals surface area contributed by atoms with E-state index in [1.807, 2.05) is 6.07 Å². The molecule has 0 saturated heterocycles.